The molecule has 0 bridgehead atoms. The Balaban J connectivity index is 1.55. The summed E-state index contributed by atoms with van der Waals surface area (Å²) in [5.41, 5.74) is 2.62. The van der Waals surface area contributed by atoms with Gasteiger partial charge < -0.3 is 15.5 Å². The van der Waals surface area contributed by atoms with Crippen molar-refractivity contribution in [3.05, 3.63) is 35.4 Å². The highest BCUT2D eigenvalue weighted by atomic mass is 16.2. The van der Waals surface area contributed by atoms with Crippen molar-refractivity contribution >= 4 is 11.9 Å². The van der Waals surface area contributed by atoms with E-state index in [0.717, 1.165) is 38.6 Å². The van der Waals surface area contributed by atoms with Gasteiger partial charge in [-0.2, -0.15) is 0 Å². The van der Waals surface area contributed by atoms with E-state index in [4.69, 9.17) is 4.99 Å². The van der Waals surface area contributed by atoms with Gasteiger partial charge in [0, 0.05) is 38.1 Å². The van der Waals surface area contributed by atoms with E-state index in [9.17, 15) is 4.79 Å². The number of benzene rings is 1. The zero-order valence-corrected chi connectivity index (χ0v) is 19.7. The van der Waals surface area contributed by atoms with Gasteiger partial charge in [0.1, 0.15) is 0 Å². The molecule has 2 aliphatic rings. The third-order valence-corrected chi connectivity index (χ3v) is 6.19. The molecule has 0 saturated carbocycles. The van der Waals surface area contributed by atoms with E-state index < -0.39 is 0 Å². The molecule has 2 fully saturated rings. The molecular formula is C25H41N5O. The van der Waals surface area contributed by atoms with E-state index in [1.165, 1.54) is 49.9 Å². The summed E-state index contributed by atoms with van der Waals surface area (Å²) in [5, 5.41) is 6.90. The van der Waals surface area contributed by atoms with Crippen LogP contribution in [-0.2, 0) is 17.9 Å². The van der Waals surface area contributed by atoms with Crippen LogP contribution in [0, 0.1) is 5.92 Å². The minimum Gasteiger partial charge on any atom is -0.357 e. The Kier molecular flexibility index (Phi) is 9.19. The number of likely N-dealkylation sites (tertiary alicyclic amines) is 2. The predicted octanol–water partition coefficient (Wildman–Crippen LogP) is 3.37. The summed E-state index contributed by atoms with van der Waals surface area (Å²) in [7, 11) is 0. The van der Waals surface area contributed by atoms with Gasteiger partial charge >= 0.3 is 0 Å². The standard InChI is InChI=1S/C25H41N5O/c1-4-26-25(28-23-12-15-30(19-23)24(31)20(2)3)27-17-21-10-9-11-22(16-21)18-29-13-7-5-6-8-14-29/h9-11,16,20,23H,4-8,12-15,17-19H2,1-3H3,(H2,26,27,28). The van der Waals surface area contributed by atoms with E-state index in [0.29, 0.717) is 6.54 Å². The zero-order valence-electron chi connectivity index (χ0n) is 19.7. The van der Waals surface area contributed by atoms with Crippen molar-refractivity contribution in [1.82, 2.24) is 20.4 Å². The van der Waals surface area contributed by atoms with Crippen molar-refractivity contribution in [3.63, 3.8) is 0 Å². The molecule has 1 atom stereocenters. The molecule has 1 amide bonds. The van der Waals surface area contributed by atoms with Crippen LogP contribution in [0.4, 0.5) is 0 Å². The van der Waals surface area contributed by atoms with Gasteiger partial charge in [-0.25, -0.2) is 4.99 Å². The second kappa shape index (κ2) is 12.1. The summed E-state index contributed by atoms with van der Waals surface area (Å²) in [5.74, 6) is 1.14. The fourth-order valence-corrected chi connectivity index (χ4v) is 4.51. The maximum absolute atomic E-state index is 12.3. The fraction of sp³-hybridized carbons (Fsp3) is 0.680. The summed E-state index contributed by atoms with van der Waals surface area (Å²) in [6, 6.07) is 9.12. The van der Waals surface area contributed by atoms with Crippen LogP contribution in [0.15, 0.2) is 29.3 Å². The summed E-state index contributed by atoms with van der Waals surface area (Å²) in [4.78, 5) is 21.6. The minimum atomic E-state index is 0.0576. The lowest BCUT2D eigenvalue weighted by Crippen LogP contribution is -2.45. The molecule has 6 nitrogen and oxygen atoms in total. The first kappa shape index (κ1) is 23.6. The van der Waals surface area contributed by atoms with Crippen molar-refractivity contribution in [2.75, 3.05) is 32.7 Å². The number of nitrogens with zero attached hydrogens (tertiary/aromatic N) is 3. The van der Waals surface area contributed by atoms with Gasteiger partial charge in [0.25, 0.3) is 0 Å². The predicted molar refractivity (Wildman–Crippen MR) is 128 cm³/mol. The maximum atomic E-state index is 12.3. The van der Waals surface area contributed by atoms with Crippen LogP contribution in [0.2, 0.25) is 0 Å². The SMILES string of the molecule is CCNC(=NCc1cccc(CN2CCCCCC2)c1)NC1CCN(C(=O)C(C)C)C1. The molecule has 1 aromatic carbocycles. The molecule has 1 unspecified atom stereocenters. The lowest BCUT2D eigenvalue weighted by Gasteiger charge is -2.20. The second-order valence-corrected chi connectivity index (χ2v) is 9.27. The monoisotopic (exact) mass is 427 g/mol. The number of carbonyl (C=O) groups excluding carboxylic acids is 1. The average Bonchev–Trinajstić information content (AvgIpc) is 3.07. The van der Waals surface area contributed by atoms with Crippen molar-refractivity contribution in [2.24, 2.45) is 10.9 Å². The van der Waals surface area contributed by atoms with Gasteiger partial charge in [0.15, 0.2) is 5.96 Å². The third-order valence-electron chi connectivity index (χ3n) is 6.19. The number of guanidine groups is 1. The lowest BCUT2D eigenvalue weighted by molar-refractivity contribution is -0.133. The smallest absolute Gasteiger partial charge is 0.225 e. The van der Waals surface area contributed by atoms with E-state index in [1.807, 2.05) is 18.7 Å². The third kappa shape index (κ3) is 7.53. The number of carbonyl (C=O) groups is 1. The number of nitrogens with one attached hydrogen (secondary N) is 2. The zero-order chi connectivity index (χ0) is 22.1. The molecule has 3 rings (SSSR count). The number of hydrogen-bond donors (Lipinski definition) is 2. The van der Waals surface area contributed by atoms with Crippen LogP contribution in [0.1, 0.15) is 64.0 Å². The Morgan fingerprint density at radius 3 is 2.58 bits per heavy atom. The molecule has 2 saturated heterocycles. The molecular weight excluding hydrogens is 386 g/mol. The number of rotatable bonds is 7. The van der Waals surface area contributed by atoms with E-state index in [1.54, 1.807) is 0 Å². The van der Waals surface area contributed by atoms with Gasteiger partial charge in [-0.05, 0) is 50.4 Å². The van der Waals surface area contributed by atoms with Crippen molar-refractivity contribution in [1.29, 1.82) is 0 Å². The highest BCUT2D eigenvalue weighted by molar-refractivity contribution is 5.81. The quantitative estimate of drug-likeness (QED) is 0.517. The summed E-state index contributed by atoms with van der Waals surface area (Å²) >= 11 is 0. The topological polar surface area (TPSA) is 60.0 Å². The Morgan fingerprint density at radius 2 is 1.87 bits per heavy atom. The molecule has 2 N–H and O–H groups in total. The molecule has 172 valence electrons. The maximum Gasteiger partial charge on any atom is 0.225 e. The largest absolute Gasteiger partial charge is 0.357 e. The van der Waals surface area contributed by atoms with E-state index >= 15 is 0 Å². The molecule has 0 spiro atoms. The highest BCUT2D eigenvalue weighted by Crippen LogP contribution is 2.15. The number of aliphatic imine (C=N–C) groups is 1. The van der Waals surface area contributed by atoms with Crippen molar-refractivity contribution in [3.8, 4) is 0 Å². The van der Waals surface area contributed by atoms with E-state index in [-0.39, 0.29) is 17.9 Å². The fourth-order valence-electron chi connectivity index (χ4n) is 4.51. The second-order valence-electron chi connectivity index (χ2n) is 9.27. The van der Waals surface area contributed by atoms with Crippen LogP contribution in [0.3, 0.4) is 0 Å². The summed E-state index contributed by atoms with van der Waals surface area (Å²) in [6.45, 7) is 12.6. The molecule has 1 aromatic rings. The van der Waals surface area contributed by atoms with Gasteiger partial charge in [0.05, 0.1) is 6.54 Å². The van der Waals surface area contributed by atoms with E-state index in [2.05, 4.69) is 46.7 Å². The molecule has 2 aliphatic heterocycles. The normalized spacial score (nSPS) is 20.7. The first-order valence-corrected chi connectivity index (χ1v) is 12.2. The van der Waals surface area contributed by atoms with Crippen molar-refractivity contribution < 1.29 is 4.79 Å². The van der Waals surface area contributed by atoms with Crippen LogP contribution >= 0.6 is 0 Å². The molecule has 31 heavy (non-hydrogen) atoms. The first-order valence-electron chi connectivity index (χ1n) is 12.2. The van der Waals surface area contributed by atoms with Crippen molar-refractivity contribution in [2.45, 2.75) is 72.0 Å². The average molecular weight is 428 g/mol. The Bertz CT molecular complexity index is 724. The summed E-state index contributed by atoms with van der Waals surface area (Å²) in [6.07, 6.45) is 6.35. The summed E-state index contributed by atoms with van der Waals surface area (Å²) < 4.78 is 0. The molecule has 2 heterocycles. The van der Waals surface area contributed by atoms with Crippen LogP contribution in [0.5, 0.6) is 0 Å². The Morgan fingerprint density at radius 1 is 1.13 bits per heavy atom. The highest BCUT2D eigenvalue weighted by Gasteiger charge is 2.27. The lowest BCUT2D eigenvalue weighted by atomic mass is 10.1. The number of hydrogen-bond acceptors (Lipinski definition) is 3. The molecule has 0 aliphatic carbocycles. The van der Waals surface area contributed by atoms with Crippen LogP contribution < -0.4 is 10.6 Å². The Hall–Kier alpha value is -2.08. The molecule has 6 heteroatoms. The number of amides is 1. The van der Waals surface area contributed by atoms with Gasteiger partial charge in [-0.3, -0.25) is 9.69 Å². The molecule has 0 aromatic heterocycles. The first-order chi connectivity index (χ1) is 15.0. The minimum absolute atomic E-state index is 0.0576. The van der Waals surface area contributed by atoms with Gasteiger partial charge in [-0.15, -0.1) is 0 Å². The Labute approximate surface area is 188 Å². The van der Waals surface area contributed by atoms with Crippen LogP contribution in [0.25, 0.3) is 0 Å². The molecule has 0 radical (unpaired) electrons. The van der Waals surface area contributed by atoms with Gasteiger partial charge in [0.2, 0.25) is 5.91 Å². The van der Waals surface area contributed by atoms with Gasteiger partial charge in [-0.1, -0.05) is 51.0 Å². The van der Waals surface area contributed by atoms with Crippen LogP contribution in [-0.4, -0.2) is 60.4 Å².